The first-order valence-electron chi connectivity index (χ1n) is 9.12. The summed E-state index contributed by atoms with van der Waals surface area (Å²) >= 11 is 6.95. The minimum Gasteiger partial charge on any atom is -0.342 e. The molecule has 1 aliphatic heterocycles. The lowest BCUT2D eigenvalue weighted by Crippen LogP contribution is -2.38. The Hall–Kier alpha value is -1.50. The van der Waals surface area contributed by atoms with Crippen molar-refractivity contribution in [1.29, 1.82) is 0 Å². The van der Waals surface area contributed by atoms with Crippen LogP contribution in [0.25, 0.3) is 11.3 Å². The van der Waals surface area contributed by atoms with Gasteiger partial charge in [0, 0.05) is 33.9 Å². The molecule has 3 aromatic rings. The van der Waals surface area contributed by atoms with Crippen LogP contribution in [0, 0.1) is 6.92 Å². The molecule has 140 valence electrons. The molecule has 0 N–H and O–H groups in total. The molecule has 1 aliphatic rings. The molecular weight excluding hydrogens is 440 g/mol. The van der Waals surface area contributed by atoms with Gasteiger partial charge < -0.3 is 4.90 Å². The van der Waals surface area contributed by atoms with Crippen molar-refractivity contribution in [3.63, 3.8) is 0 Å². The highest BCUT2D eigenvalue weighted by molar-refractivity contribution is 9.10. The third kappa shape index (κ3) is 4.33. The molecule has 4 rings (SSSR count). The largest absolute Gasteiger partial charge is 0.342 e. The second-order valence-corrected chi connectivity index (χ2v) is 9.86. The Morgan fingerprint density at radius 2 is 1.96 bits per heavy atom. The maximum atomic E-state index is 12.5. The summed E-state index contributed by atoms with van der Waals surface area (Å²) in [6, 6.07) is 10.4. The number of thiophene rings is 1. The van der Waals surface area contributed by atoms with E-state index < -0.39 is 0 Å². The number of aromatic nitrogens is 1. The molecular formula is C21H21BrN2OS2. The SMILES string of the molecule is Cc1sc(C2CCN(C(=O)Cc3ccsc3)CC2)nc1-c1ccc(Br)cc1. The molecule has 2 aromatic heterocycles. The van der Waals surface area contributed by atoms with E-state index in [0.29, 0.717) is 12.3 Å². The third-order valence-electron chi connectivity index (χ3n) is 5.06. The predicted octanol–water partition coefficient (Wildman–Crippen LogP) is 5.89. The van der Waals surface area contributed by atoms with Gasteiger partial charge in [0.2, 0.25) is 5.91 Å². The lowest BCUT2D eigenvalue weighted by atomic mass is 9.97. The molecule has 0 spiro atoms. The summed E-state index contributed by atoms with van der Waals surface area (Å²) < 4.78 is 1.08. The zero-order valence-corrected chi connectivity index (χ0v) is 18.4. The molecule has 3 heterocycles. The van der Waals surface area contributed by atoms with Crippen LogP contribution in [-0.4, -0.2) is 28.9 Å². The number of halogens is 1. The molecule has 0 aliphatic carbocycles. The lowest BCUT2D eigenvalue weighted by molar-refractivity contribution is -0.131. The Balaban J connectivity index is 1.40. The van der Waals surface area contributed by atoms with Crippen molar-refractivity contribution in [3.8, 4) is 11.3 Å². The molecule has 0 bridgehead atoms. The molecule has 0 radical (unpaired) electrons. The van der Waals surface area contributed by atoms with Gasteiger partial charge >= 0.3 is 0 Å². The van der Waals surface area contributed by atoms with Gasteiger partial charge in [-0.25, -0.2) is 4.98 Å². The Morgan fingerprint density at radius 1 is 1.22 bits per heavy atom. The molecule has 1 fully saturated rings. The van der Waals surface area contributed by atoms with E-state index in [1.807, 2.05) is 27.7 Å². The number of carbonyl (C=O) groups is 1. The highest BCUT2D eigenvalue weighted by Gasteiger charge is 2.26. The molecule has 0 atom stereocenters. The highest BCUT2D eigenvalue weighted by Crippen LogP contribution is 2.36. The van der Waals surface area contributed by atoms with Crippen molar-refractivity contribution in [1.82, 2.24) is 9.88 Å². The van der Waals surface area contributed by atoms with Crippen LogP contribution >= 0.6 is 38.6 Å². The monoisotopic (exact) mass is 460 g/mol. The summed E-state index contributed by atoms with van der Waals surface area (Å²) in [6.07, 6.45) is 2.53. The Kier molecular flexibility index (Phi) is 5.76. The zero-order valence-electron chi connectivity index (χ0n) is 15.2. The fourth-order valence-corrected chi connectivity index (χ4v) is 5.57. The number of nitrogens with zero attached hydrogens (tertiary/aromatic N) is 2. The van der Waals surface area contributed by atoms with Gasteiger partial charge in [-0.15, -0.1) is 11.3 Å². The van der Waals surface area contributed by atoms with Gasteiger partial charge in [0.25, 0.3) is 0 Å². The van der Waals surface area contributed by atoms with E-state index in [1.54, 1.807) is 11.3 Å². The van der Waals surface area contributed by atoms with E-state index in [2.05, 4.69) is 52.5 Å². The molecule has 3 nitrogen and oxygen atoms in total. The summed E-state index contributed by atoms with van der Waals surface area (Å²) in [6.45, 7) is 3.82. The number of benzene rings is 1. The van der Waals surface area contributed by atoms with Crippen molar-refractivity contribution in [2.24, 2.45) is 0 Å². The van der Waals surface area contributed by atoms with Crippen LogP contribution < -0.4 is 0 Å². The van der Waals surface area contributed by atoms with Gasteiger partial charge in [-0.2, -0.15) is 11.3 Å². The predicted molar refractivity (Wildman–Crippen MR) is 117 cm³/mol. The average Bonchev–Trinajstić information content (AvgIpc) is 3.32. The van der Waals surface area contributed by atoms with Crippen molar-refractivity contribution in [3.05, 3.63) is 61.0 Å². The van der Waals surface area contributed by atoms with Gasteiger partial charge in [0.05, 0.1) is 17.1 Å². The quantitative estimate of drug-likeness (QED) is 0.485. The van der Waals surface area contributed by atoms with E-state index in [1.165, 1.54) is 15.4 Å². The van der Waals surface area contributed by atoms with Crippen LogP contribution in [0.15, 0.2) is 45.6 Å². The van der Waals surface area contributed by atoms with Crippen LogP contribution in [0.5, 0.6) is 0 Å². The minimum atomic E-state index is 0.248. The second-order valence-electron chi connectivity index (χ2n) is 6.93. The number of hydrogen-bond acceptors (Lipinski definition) is 4. The number of aryl methyl sites for hydroxylation is 1. The maximum absolute atomic E-state index is 12.5. The number of amides is 1. The highest BCUT2D eigenvalue weighted by atomic mass is 79.9. The number of thiazole rings is 1. The van der Waals surface area contributed by atoms with Crippen LogP contribution in [0.3, 0.4) is 0 Å². The van der Waals surface area contributed by atoms with E-state index in [9.17, 15) is 4.79 Å². The van der Waals surface area contributed by atoms with Crippen LogP contribution in [0.1, 0.15) is 34.2 Å². The van der Waals surface area contributed by atoms with Crippen molar-refractivity contribution >= 4 is 44.5 Å². The standard InChI is InChI=1S/C21H21BrN2OS2/c1-14-20(16-2-4-18(22)5-3-16)23-21(27-14)17-6-9-24(10-7-17)19(25)12-15-8-11-26-13-15/h2-5,8,11,13,17H,6-7,9-10,12H2,1H3. The van der Waals surface area contributed by atoms with E-state index >= 15 is 0 Å². The zero-order chi connectivity index (χ0) is 18.8. The molecule has 27 heavy (non-hydrogen) atoms. The fraction of sp³-hybridized carbons (Fsp3) is 0.333. The van der Waals surface area contributed by atoms with Crippen LogP contribution in [0.2, 0.25) is 0 Å². The summed E-state index contributed by atoms with van der Waals surface area (Å²) in [5.74, 6) is 0.709. The van der Waals surface area contributed by atoms with Crippen molar-refractivity contribution < 1.29 is 4.79 Å². The summed E-state index contributed by atoms with van der Waals surface area (Å²) in [5, 5.41) is 5.31. The van der Waals surface area contributed by atoms with Gasteiger partial charge in [-0.3, -0.25) is 4.79 Å². The molecule has 1 amide bonds. The van der Waals surface area contributed by atoms with Crippen LogP contribution in [0.4, 0.5) is 0 Å². The van der Waals surface area contributed by atoms with Crippen LogP contribution in [-0.2, 0) is 11.2 Å². The number of carbonyl (C=O) groups excluding carboxylic acids is 1. The summed E-state index contributed by atoms with van der Waals surface area (Å²) in [7, 11) is 0. The molecule has 0 saturated carbocycles. The maximum Gasteiger partial charge on any atom is 0.227 e. The Morgan fingerprint density at radius 3 is 2.63 bits per heavy atom. The van der Waals surface area contributed by atoms with Gasteiger partial charge in [0.1, 0.15) is 0 Å². The first kappa shape index (κ1) is 18.8. The topological polar surface area (TPSA) is 33.2 Å². The van der Waals surface area contributed by atoms with Gasteiger partial charge in [0.15, 0.2) is 0 Å². The fourth-order valence-electron chi connectivity index (χ4n) is 3.52. The van der Waals surface area contributed by atoms with E-state index in [-0.39, 0.29) is 5.91 Å². The first-order valence-corrected chi connectivity index (χ1v) is 11.7. The van der Waals surface area contributed by atoms with Crippen molar-refractivity contribution in [2.75, 3.05) is 13.1 Å². The minimum absolute atomic E-state index is 0.248. The first-order chi connectivity index (χ1) is 13.1. The molecule has 0 unspecified atom stereocenters. The Bertz CT molecular complexity index is 910. The van der Waals surface area contributed by atoms with Crippen molar-refractivity contribution in [2.45, 2.75) is 32.1 Å². The number of hydrogen-bond donors (Lipinski definition) is 0. The smallest absolute Gasteiger partial charge is 0.227 e. The average molecular weight is 461 g/mol. The summed E-state index contributed by atoms with van der Waals surface area (Å²) in [5.41, 5.74) is 3.39. The normalized spacial score (nSPS) is 15.3. The third-order valence-corrected chi connectivity index (χ3v) is 7.46. The number of rotatable bonds is 4. The molecule has 1 saturated heterocycles. The van der Waals surface area contributed by atoms with E-state index in [0.717, 1.165) is 41.7 Å². The molecule has 1 aromatic carbocycles. The molecule has 6 heteroatoms. The number of likely N-dealkylation sites (tertiary alicyclic amines) is 1. The van der Waals surface area contributed by atoms with E-state index in [4.69, 9.17) is 4.98 Å². The van der Waals surface area contributed by atoms with Gasteiger partial charge in [-0.05, 0) is 54.3 Å². The number of piperidine rings is 1. The lowest BCUT2D eigenvalue weighted by Gasteiger charge is -2.31. The van der Waals surface area contributed by atoms with Gasteiger partial charge in [-0.1, -0.05) is 28.1 Å². The summed E-state index contributed by atoms with van der Waals surface area (Å²) in [4.78, 5) is 20.7. The second kappa shape index (κ2) is 8.25. The Labute approximate surface area is 176 Å².